The van der Waals surface area contributed by atoms with Crippen molar-refractivity contribution < 1.29 is 23.1 Å². The van der Waals surface area contributed by atoms with E-state index in [2.05, 4.69) is 9.97 Å². The van der Waals surface area contributed by atoms with Crippen molar-refractivity contribution in [2.24, 2.45) is 11.1 Å². The summed E-state index contributed by atoms with van der Waals surface area (Å²) in [6.45, 7) is 2.63. The van der Waals surface area contributed by atoms with Crippen LogP contribution in [0.5, 0.6) is 11.5 Å². The Kier molecular flexibility index (Phi) is 6.74. The number of ether oxygens (including phenoxy) is 1. The Morgan fingerprint density at radius 2 is 1.88 bits per heavy atom. The van der Waals surface area contributed by atoms with E-state index in [1.165, 1.54) is 46.6 Å². The predicted octanol–water partition coefficient (Wildman–Crippen LogP) is 6.05. The molecule has 1 aliphatic rings. The number of primary amides is 1. The van der Waals surface area contributed by atoms with E-state index < -0.39 is 28.9 Å². The van der Waals surface area contributed by atoms with Crippen molar-refractivity contribution in [3.8, 4) is 22.1 Å². The topological polar surface area (TPSA) is 103 Å². The third-order valence-electron chi connectivity index (χ3n) is 7.24. The maximum Gasteiger partial charge on any atom is 0.242 e. The van der Waals surface area contributed by atoms with Gasteiger partial charge in [0.25, 0.3) is 0 Å². The first-order valence-electron chi connectivity index (χ1n) is 13.0. The molecule has 0 aliphatic heterocycles. The van der Waals surface area contributed by atoms with E-state index in [0.29, 0.717) is 11.3 Å². The molecule has 2 N–H and O–H groups in total. The zero-order chi connectivity index (χ0) is 28.7. The first-order chi connectivity index (χ1) is 19.8. The maximum absolute atomic E-state index is 15.5. The number of thiophene rings is 1. The van der Waals surface area contributed by atoms with Gasteiger partial charge in [0, 0.05) is 42.3 Å². The van der Waals surface area contributed by atoms with Crippen LogP contribution in [0, 0.1) is 17.0 Å². The summed E-state index contributed by atoms with van der Waals surface area (Å²) in [5.41, 5.74) is 6.04. The van der Waals surface area contributed by atoms with Crippen LogP contribution in [0.1, 0.15) is 25.3 Å². The number of nitrogens with two attached hydrogens (primary N) is 1. The fraction of sp³-hybridized carbons (Fsp3) is 0.200. The molecule has 208 valence electrons. The molecule has 1 aliphatic carbocycles. The number of hydrogen-bond acceptors (Lipinski definition) is 6. The van der Waals surface area contributed by atoms with E-state index in [0.717, 1.165) is 27.9 Å². The number of nitrogens with zero attached hydrogens (tertiary/aromatic N) is 4. The summed E-state index contributed by atoms with van der Waals surface area (Å²) in [6.07, 6.45) is 5.87. The van der Waals surface area contributed by atoms with E-state index in [9.17, 15) is 14.0 Å². The van der Waals surface area contributed by atoms with Gasteiger partial charge < -0.3 is 19.9 Å². The fourth-order valence-corrected chi connectivity index (χ4v) is 5.69. The minimum atomic E-state index is -1.37. The van der Waals surface area contributed by atoms with E-state index in [1.54, 1.807) is 24.7 Å². The number of anilines is 1. The van der Waals surface area contributed by atoms with Crippen molar-refractivity contribution in [2.75, 3.05) is 4.90 Å². The van der Waals surface area contributed by atoms with Crippen molar-refractivity contribution in [3.05, 3.63) is 90.5 Å². The molecule has 0 unspecified atom stereocenters. The summed E-state index contributed by atoms with van der Waals surface area (Å²) >= 11 is 1.43. The first-order valence-corrected chi connectivity index (χ1v) is 13.8. The summed E-state index contributed by atoms with van der Waals surface area (Å²) in [7, 11) is 0. The Labute approximate surface area is 238 Å². The molecule has 1 saturated carbocycles. The second kappa shape index (κ2) is 10.4. The number of carbonyl (C=O) groups excluding carboxylic acids is 2. The van der Waals surface area contributed by atoms with Crippen LogP contribution in [0.4, 0.5) is 14.5 Å². The van der Waals surface area contributed by atoms with Gasteiger partial charge in [-0.25, -0.2) is 13.8 Å². The summed E-state index contributed by atoms with van der Waals surface area (Å²) in [6, 6.07) is 13.6. The van der Waals surface area contributed by atoms with Crippen LogP contribution in [-0.2, 0) is 22.7 Å². The predicted molar refractivity (Wildman–Crippen MR) is 151 cm³/mol. The first kappa shape index (κ1) is 26.6. The lowest BCUT2D eigenvalue weighted by atomic mass is 10.0. The molecular weight excluding hydrogens is 548 g/mol. The summed E-state index contributed by atoms with van der Waals surface area (Å²) in [5.74, 6) is -2.25. The molecule has 0 spiro atoms. The highest BCUT2D eigenvalue weighted by atomic mass is 32.1. The molecule has 3 aromatic heterocycles. The van der Waals surface area contributed by atoms with Crippen LogP contribution in [0.2, 0.25) is 0 Å². The number of pyridine rings is 1. The monoisotopic (exact) mass is 573 g/mol. The summed E-state index contributed by atoms with van der Waals surface area (Å²) < 4.78 is 38.7. The second-order valence-electron chi connectivity index (χ2n) is 9.87. The maximum atomic E-state index is 15.5. The Balaban J connectivity index is 1.32. The van der Waals surface area contributed by atoms with Crippen LogP contribution in [-0.4, -0.2) is 26.3 Å². The Hall–Kier alpha value is -4.64. The smallest absolute Gasteiger partial charge is 0.242 e. The lowest BCUT2D eigenvalue weighted by Gasteiger charge is -2.27. The van der Waals surface area contributed by atoms with Crippen molar-refractivity contribution in [1.29, 1.82) is 0 Å². The normalized spacial score (nSPS) is 13.7. The molecule has 0 atom stereocenters. The van der Waals surface area contributed by atoms with Crippen LogP contribution in [0.3, 0.4) is 0 Å². The number of imidazole rings is 1. The minimum absolute atomic E-state index is 0.0687. The Morgan fingerprint density at radius 1 is 1.07 bits per heavy atom. The fourth-order valence-electron chi connectivity index (χ4n) is 4.67. The number of amides is 2. The molecule has 0 bridgehead atoms. The zero-order valence-corrected chi connectivity index (χ0v) is 22.8. The largest absolute Gasteiger partial charge is 0.453 e. The van der Waals surface area contributed by atoms with Gasteiger partial charge in [0.15, 0.2) is 11.6 Å². The molecule has 3 heterocycles. The van der Waals surface area contributed by atoms with Crippen molar-refractivity contribution in [1.82, 2.24) is 14.5 Å². The number of rotatable bonds is 9. The van der Waals surface area contributed by atoms with Gasteiger partial charge in [0.05, 0.1) is 33.7 Å². The van der Waals surface area contributed by atoms with Gasteiger partial charge in [-0.15, -0.1) is 11.3 Å². The van der Waals surface area contributed by atoms with E-state index in [4.69, 9.17) is 10.5 Å². The number of fused-ring (bicyclic) bond motifs is 1. The average Bonchev–Trinajstić information content (AvgIpc) is 3.44. The van der Waals surface area contributed by atoms with Gasteiger partial charge in [-0.05, 0) is 44.0 Å². The highest BCUT2D eigenvalue weighted by Crippen LogP contribution is 2.48. The number of aryl methyl sites for hydroxylation is 1. The van der Waals surface area contributed by atoms with Gasteiger partial charge in [-0.1, -0.05) is 18.2 Å². The van der Waals surface area contributed by atoms with Crippen molar-refractivity contribution in [3.63, 3.8) is 0 Å². The summed E-state index contributed by atoms with van der Waals surface area (Å²) in [5, 5.41) is 0. The van der Waals surface area contributed by atoms with Gasteiger partial charge in [0.1, 0.15) is 17.0 Å². The third-order valence-corrected chi connectivity index (χ3v) is 8.40. The average molecular weight is 574 g/mol. The lowest BCUT2D eigenvalue weighted by Crippen LogP contribution is -2.43. The molecular formula is C30H25F2N5O3S. The molecule has 2 amide bonds. The van der Waals surface area contributed by atoms with Crippen LogP contribution >= 0.6 is 11.3 Å². The molecule has 0 radical (unpaired) electrons. The van der Waals surface area contributed by atoms with Gasteiger partial charge in [-0.2, -0.15) is 0 Å². The second-order valence-corrected chi connectivity index (χ2v) is 10.9. The molecule has 0 saturated heterocycles. The number of hydrogen-bond donors (Lipinski definition) is 1. The zero-order valence-electron chi connectivity index (χ0n) is 22.0. The van der Waals surface area contributed by atoms with Crippen LogP contribution in [0.15, 0.2) is 73.3 Å². The standard InChI is InChI=1S/C30H25F2N5O3S/c1-2-36-16-23(35-17-36)26-14-22-27(41-26)25(9-12-34-22)40-24-8-7-19(13-21(24)32)37(15-18-5-3-4-6-20(18)31)29(39)30(10-11-30)28(33)38/h3-9,12-14,16-17H,2,10-11,15H2,1H3,(H2,33,38). The van der Waals surface area contributed by atoms with Gasteiger partial charge in [-0.3, -0.25) is 14.6 Å². The summed E-state index contributed by atoms with van der Waals surface area (Å²) in [4.78, 5) is 36.6. The van der Waals surface area contributed by atoms with E-state index in [1.807, 2.05) is 23.8 Å². The van der Waals surface area contributed by atoms with Crippen LogP contribution in [0.25, 0.3) is 20.8 Å². The van der Waals surface area contributed by atoms with Crippen LogP contribution < -0.4 is 15.4 Å². The third kappa shape index (κ3) is 4.93. The molecule has 11 heteroatoms. The molecule has 1 fully saturated rings. The van der Waals surface area contributed by atoms with Crippen molar-refractivity contribution in [2.45, 2.75) is 32.9 Å². The Bertz CT molecular complexity index is 1800. The lowest BCUT2D eigenvalue weighted by molar-refractivity contribution is -0.133. The molecule has 2 aromatic carbocycles. The number of carbonyl (C=O) groups is 2. The quantitative estimate of drug-likeness (QED) is 0.216. The minimum Gasteiger partial charge on any atom is -0.453 e. The van der Waals surface area contributed by atoms with Gasteiger partial charge >= 0.3 is 0 Å². The molecule has 8 nitrogen and oxygen atoms in total. The van der Waals surface area contributed by atoms with E-state index >= 15 is 4.39 Å². The molecule has 5 aromatic rings. The molecule has 41 heavy (non-hydrogen) atoms. The van der Waals surface area contributed by atoms with Gasteiger partial charge in [0.2, 0.25) is 11.8 Å². The highest BCUT2D eigenvalue weighted by Gasteiger charge is 2.57. The number of benzene rings is 2. The Morgan fingerprint density at radius 3 is 2.56 bits per heavy atom. The molecule has 6 rings (SSSR count). The highest BCUT2D eigenvalue weighted by molar-refractivity contribution is 7.22. The number of halogens is 2. The van der Waals surface area contributed by atoms with Crippen molar-refractivity contribution >= 4 is 39.1 Å². The van der Waals surface area contributed by atoms with E-state index in [-0.39, 0.29) is 36.4 Å². The SMILES string of the molecule is CCn1cnc(-c2cc3nccc(Oc4ccc(N(Cc5ccccc5F)C(=O)C5(C(N)=O)CC5)cc4F)c3s2)c1. The number of aromatic nitrogens is 3.